The van der Waals surface area contributed by atoms with Gasteiger partial charge in [0.1, 0.15) is 0 Å². The second-order valence-electron chi connectivity index (χ2n) is 8.42. The molecule has 0 saturated carbocycles. The van der Waals surface area contributed by atoms with E-state index in [1.54, 1.807) is 0 Å². The van der Waals surface area contributed by atoms with E-state index >= 15 is 0 Å². The van der Waals surface area contributed by atoms with Crippen molar-refractivity contribution >= 4 is 5.84 Å². The van der Waals surface area contributed by atoms with Crippen molar-refractivity contribution in [2.24, 2.45) is 4.99 Å². The van der Waals surface area contributed by atoms with Crippen LogP contribution in [0.2, 0.25) is 0 Å². The number of aliphatic hydroxyl groups is 1. The highest BCUT2D eigenvalue weighted by Gasteiger charge is 2.15. The number of hydrogen-bond donors (Lipinski definition) is 1. The first-order valence-electron chi connectivity index (χ1n) is 12.3. The zero-order valence-electron chi connectivity index (χ0n) is 18.4. The number of hydrogen-bond acceptors (Lipinski definition) is 3. The molecule has 0 spiro atoms. The second kappa shape index (κ2) is 18.8. The van der Waals surface area contributed by atoms with Crippen LogP contribution in [0.3, 0.4) is 0 Å². The number of nitrogens with zero attached hydrogens (tertiary/aromatic N) is 2. The van der Waals surface area contributed by atoms with Crippen LogP contribution in [-0.4, -0.2) is 42.1 Å². The van der Waals surface area contributed by atoms with Crippen LogP contribution in [0.1, 0.15) is 122 Å². The Balaban J connectivity index is 1.77. The maximum Gasteiger partial charge on any atom is 0.0990 e. The molecular formula is C24H48N2O. The maximum absolute atomic E-state index is 8.97. The van der Waals surface area contributed by atoms with E-state index in [2.05, 4.69) is 16.8 Å². The topological polar surface area (TPSA) is 35.8 Å². The Hall–Kier alpha value is -0.570. The fourth-order valence-corrected chi connectivity index (χ4v) is 4.10. The molecule has 1 heterocycles. The van der Waals surface area contributed by atoms with Gasteiger partial charge in [-0.3, -0.25) is 4.99 Å². The Bertz CT molecular complexity index is 343. The fourth-order valence-electron chi connectivity index (χ4n) is 4.10. The van der Waals surface area contributed by atoms with E-state index < -0.39 is 0 Å². The maximum atomic E-state index is 8.97. The van der Waals surface area contributed by atoms with E-state index in [0.29, 0.717) is 6.61 Å². The van der Waals surface area contributed by atoms with Gasteiger partial charge in [0.2, 0.25) is 0 Å². The van der Waals surface area contributed by atoms with Crippen molar-refractivity contribution in [2.75, 3.05) is 26.2 Å². The Morgan fingerprint density at radius 1 is 0.704 bits per heavy atom. The molecule has 160 valence electrons. The molecule has 1 N–H and O–H groups in total. The first kappa shape index (κ1) is 24.5. The summed E-state index contributed by atoms with van der Waals surface area (Å²) >= 11 is 0. The lowest BCUT2D eigenvalue weighted by Gasteiger charge is -2.19. The van der Waals surface area contributed by atoms with E-state index in [0.717, 1.165) is 32.5 Å². The van der Waals surface area contributed by atoms with Gasteiger partial charge in [0.15, 0.2) is 0 Å². The summed E-state index contributed by atoms with van der Waals surface area (Å²) in [6, 6.07) is 0. The first-order chi connectivity index (χ1) is 13.4. The van der Waals surface area contributed by atoms with Crippen LogP contribution in [0, 0.1) is 0 Å². The lowest BCUT2D eigenvalue weighted by Crippen LogP contribution is -2.29. The van der Waals surface area contributed by atoms with Gasteiger partial charge in [-0.25, -0.2) is 0 Å². The molecule has 1 rings (SSSR count). The van der Waals surface area contributed by atoms with E-state index in [1.165, 1.54) is 109 Å². The monoisotopic (exact) mass is 380 g/mol. The van der Waals surface area contributed by atoms with E-state index in [-0.39, 0.29) is 0 Å². The van der Waals surface area contributed by atoms with Gasteiger partial charge >= 0.3 is 0 Å². The Morgan fingerprint density at radius 3 is 1.67 bits per heavy atom. The van der Waals surface area contributed by atoms with Gasteiger partial charge in [-0.1, -0.05) is 103 Å². The number of unbranched alkanes of at least 4 members (excludes halogenated alkanes) is 15. The summed E-state index contributed by atoms with van der Waals surface area (Å²) in [4.78, 5) is 7.01. The minimum atomic E-state index is 0.294. The Labute approximate surface area is 170 Å². The summed E-state index contributed by atoms with van der Waals surface area (Å²) in [6.07, 6.45) is 24.8. The molecule has 0 aromatic carbocycles. The van der Waals surface area contributed by atoms with Crippen molar-refractivity contribution in [2.45, 2.75) is 122 Å². The molecule has 3 heteroatoms. The largest absolute Gasteiger partial charge is 0.396 e. The SMILES string of the molecule is CCCCCCCCCCCCCCCCCCC1=NCCN1CCCO. The summed E-state index contributed by atoms with van der Waals surface area (Å²) in [5.41, 5.74) is 0. The molecule has 0 bridgehead atoms. The standard InChI is InChI=1S/C24H48N2O/c1-2-3-4-5-6-7-8-9-10-11-12-13-14-15-16-17-19-24-25-20-22-26(24)21-18-23-27/h27H,2-23H2,1H3. The van der Waals surface area contributed by atoms with Crippen LogP contribution in [0.4, 0.5) is 0 Å². The van der Waals surface area contributed by atoms with Gasteiger partial charge in [0.25, 0.3) is 0 Å². The van der Waals surface area contributed by atoms with Gasteiger partial charge < -0.3 is 10.0 Å². The predicted octanol–water partition coefficient (Wildman–Crippen LogP) is 6.73. The molecule has 0 atom stereocenters. The van der Waals surface area contributed by atoms with Crippen LogP contribution in [0.5, 0.6) is 0 Å². The molecule has 0 aromatic rings. The quantitative estimate of drug-likeness (QED) is 0.238. The first-order valence-corrected chi connectivity index (χ1v) is 12.3. The summed E-state index contributed by atoms with van der Waals surface area (Å²) in [7, 11) is 0. The molecule has 1 aliphatic rings. The third kappa shape index (κ3) is 14.1. The molecule has 27 heavy (non-hydrogen) atoms. The molecule has 0 unspecified atom stereocenters. The average Bonchev–Trinajstić information content (AvgIpc) is 3.13. The number of amidine groups is 1. The molecule has 0 saturated heterocycles. The molecule has 0 radical (unpaired) electrons. The second-order valence-corrected chi connectivity index (χ2v) is 8.42. The van der Waals surface area contributed by atoms with Gasteiger partial charge in [-0.2, -0.15) is 0 Å². The minimum Gasteiger partial charge on any atom is -0.396 e. The molecule has 0 aliphatic carbocycles. The van der Waals surface area contributed by atoms with Crippen LogP contribution in [0.25, 0.3) is 0 Å². The van der Waals surface area contributed by atoms with Crippen LogP contribution >= 0.6 is 0 Å². The smallest absolute Gasteiger partial charge is 0.0990 e. The highest BCUT2D eigenvalue weighted by molar-refractivity contribution is 5.83. The third-order valence-corrected chi connectivity index (χ3v) is 5.87. The van der Waals surface area contributed by atoms with Crippen molar-refractivity contribution in [3.05, 3.63) is 0 Å². The Morgan fingerprint density at radius 2 is 1.19 bits per heavy atom. The van der Waals surface area contributed by atoms with Crippen molar-refractivity contribution in [3.8, 4) is 0 Å². The number of aliphatic imine (C=N–C) groups is 1. The van der Waals surface area contributed by atoms with Crippen molar-refractivity contribution in [3.63, 3.8) is 0 Å². The molecular weight excluding hydrogens is 332 g/mol. The zero-order valence-corrected chi connectivity index (χ0v) is 18.4. The van der Waals surface area contributed by atoms with Gasteiger partial charge in [-0.15, -0.1) is 0 Å². The zero-order chi connectivity index (χ0) is 19.4. The third-order valence-electron chi connectivity index (χ3n) is 5.87. The summed E-state index contributed by atoms with van der Waals surface area (Å²) < 4.78 is 0. The minimum absolute atomic E-state index is 0.294. The number of rotatable bonds is 20. The molecule has 3 nitrogen and oxygen atoms in total. The normalized spacial score (nSPS) is 14.1. The lowest BCUT2D eigenvalue weighted by atomic mass is 10.0. The van der Waals surface area contributed by atoms with Crippen molar-refractivity contribution < 1.29 is 5.11 Å². The highest BCUT2D eigenvalue weighted by atomic mass is 16.3. The predicted molar refractivity (Wildman–Crippen MR) is 120 cm³/mol. The molecule has 0 aromatic heterocycles. The molecule has 1 aliphatic heterocycles. The van der Waals surface area contributed by atoms with Gasteiger partial charge in [0.05, 0.1) is 12.4 Å². The van der Waals surface area contributed by atoms with E-state index in [9.17, 15) is 0 Å². The molecule has 0 fully saturated rings. The number of aliphatic hydroxyl groups excluding tert-OH is 1. The van der Waals surface area contributed by atoms with E-state index in [1.807, 2.05) is 0 Å². The van der Waals surface area contributed by atoms with E-state index in [4.69, 9.17) is 5.11 Å². The van der Waals surface area contributed by atoms with Gasteiger partial charge in [-0.05, 0) is 12.8 Å². The van der Waals surface area contributed by atoms with Gasteiger partial charge in [0, 0.05) is 26.1 Å². The summed E-state index contributed by atoms with van der Waals surface area (Å²) in [5, 5.41) is 8.97. The van der Waals surface area contributed by atoms with Crippen LogP contribution < -0.4 is 0 Å². The summed E-state index contributed by atoms with van der Waals surface area (Å²) in [6.45, 7) is 5.59. The Kier molecular flexibility index (Phi) is 17.0. The van der Waals surface area contributed by atoms with Crippen LogP contribution in [-0.2, 0) is 0 Å². The highest BCUT2D eigenvalue weighted by Crippen LogP contribution is 2.15. The van der Waals surface area contributed by atoms with Crippen molar-refractivity contribution in [1.82, 2.24) is 4.90 Å². The van der Waals surface area contributed by atoms with Crippen LogP contribution in [0.15, 0.2) is 4.99 Å². The fraction of sp³-hybridized carbons (Fsp3) is 0.958. The molecule has 0 amide bonds. The van der Waals surface area contributed by atoms with Crippen molar-refractivity contribution in [1.29, 1.82) is 0 Å². The lowest BCUT2D eigenvalue weighted by molar-refractivity contribution is 0.269. The summed E-state index contributed by atoms with van der Waals surface area (Å²) in [5.74, 6) is 1.30. The average molecular weight is 381 g/mol.